The van der Waals surface area contributed by atoms with Crippen LogP contribution in [-0.4, -0.2) is 12.1 Å². The van der Waals surface area contributed by atoms with Crippen molar-refractivity contribution in [3.05, 3.63) is 60.4 Å². The molecule has 0 aliphatic carbocycles. The number of halogens is 1. The van der Waals surface area contributed by atoms with Crippen LogP contribution in [-0.2, 0) is 0 Å². The maximum atomic E-state index is 13.8. The lowest BCUT2D eigenvalue weighted by molar-refractivity contribution is 0.415. The Kier molecular flexibility index (Phi) is 2.59. The number of methoxy groups -OCH3 is 1. The molecule has 4 heteroatoms. The molecule has 0 radical (unpaired) electrons. The second-order valence-corrected chi connectivity index (χ2v) is 5.76. The zero-order valence-corrected chi connectivity index (χ0v) is 12.8. The van der Waals surface area contributed by atoms with Gasteiger partial charge in [-0.2, -0.15) is 0 Å². The van der Waals surface area contributed by atoms with E-state index in [1.807, 2.05) is 36.4 Å². The molecule has 0 saturated heterocycles. The highest BCUT2D eigenvalue weighted by molar-refractivity contribution is 6.14. The lowest BCUT2D eigenvalue weighted by atomic mass is 9.97. The first-order valence-electron chi connectivity index (χ1n) is 7.63. The van der Waals surface area contributed by atoms with Crippen LogP contribution in [0.2, 0.25) is 0 Å². The Morgan fingerprint density at radius 3 is 2.75 bits per heavy atom. The fourth-order valence-electron chi connectivity index (χ4n) is 3.31. The van der Waals surface area contributed by atoms with Crippen LogP contribution in [0.5, 0.6) is 17.2 Å². The first-order chi connectivity index (χ1) is 11.7. The summed E-state index contributed by atoms with van der Waals surface area (Å²) < 4.78 is 25.1. The van der Waals surface area contributed by atoms with E-state index in [1.165, 1.54) is 12.1 Å². The predicted molar refractivity (Wildman–Crippen MR) is 91.3 cm³/mol. The smallest absolute Gasteiger partial charge is 0.137 e. The minimum atomic E-state index is -0.304. The van der Waals surface area contributed by atoms with Crippen molar-refractivity contribution in [3.63, 3.8) is 0 Å². The molecule has 1 aliphatic heterocycles. The van der Waals surface area contributed by atoms with Gasteiger partial charge in [0.25, 0.3) is 0 Å². The molecular weight excluding hydrogens is 305 g/mol. The van der Waals surface area contributed by atoms with Gasteiger partial charge in [-0.1, -0.05) is 12.1 Å². The van der Waals surface area contributed by atoms with Gasteiger partial charge in [0.2, 0.25) is 0 Å². The fraction of sp³-hybridized carbons (Fsp3) is 0.0500. The van der Waals surface area contributed by atoms with E-state index in [2.05, 4.69) is 0 Å². The van der Waals surface area contributed by atoms with Gasteiger partial charge in [0.05, 0.1) is 23.7 Å². The van der Waals surface area contributed by atoms with Crippen molar-refractivity contribution in [1.29, 1.82) is 0 Å². The summed E-state index contributed by atoms with van der Waals surface area (Å²) in [7, 11) is 1.64. The summed E-state index contributed by atoms with van der Waals surface area (Å²) in [4.78, 5) is 4.79. The number of pyridine rings is 1. The van der Waals surface area contributed by atoms with E-state index in [4.69, 9.17) is 14.5 Å². The minimum absolute atomic E-state index is 0.304. The number of nitrogens with zero attached hydrogens (tertiary/aromatic N) is 1. The number of hydrogen-bond acceptors (Lipinski definition) is 3. The molecule has 3 aromatic carbocycles. The van der Waals surface area contributed by atoms with Crippen LogP contribution in [0.25, 0.3) is 32.9 Å². The van der Waals surface area contributed by atoms with Gasteiger partial charge in [0.1, 0.15) is 23.1 Å². The Bertz CT molecular complexity index is 1140. The summed E-state index contributed by atoms with van der Waals surface area (Å²) in [5, 5.41) is 2.90. The Labute approximate surface area is 137 Å². The summed E-state index contributed by atoms with van der Waals surface area (Å²) >= 11 is 0. The van der Waals surface area contributed by atoms with Gasteiger partial charge < -0.3 is 9.47 Å². The highest BCUT2D eigenvalue weighted by atomic mass is 19.1. The van der Waals surface area contributed by atoms with E-state index in [-0.39, 0.29) is 5.82 Å². The van der Waals surface area contributed by atoms with Gasteiger partial charge in [-0.05, 0) is 47.9 Å². The molecule has 0 spiro atoms. The van der Waals surface area contributed by atoms with Crippen LogP contribution in [0.15, 0.2) is 54.6 Å². The molecule has 0 unspecified atom stereocenters. The number of rotatable bonds is 1. The second-order valence-electron chi connectivity index (χ2n) is 5.76. The third kappa shape index (κ3) is 1.74. The Balaban J connectivity index is 1.98. The molecule has 0 atom stereocenters. The molecule has 0 bridgehead atoms. The number of benzene rings is 3. The molecule has 0 amide bonds. The maximum Gasteiger partial charge on any atom is 0.137 e. The average Bonchev–Trinajstić information content (AvgIpc) is 2.62. The summed E-state index contributed by atoms with van der Waals surface area (Å²) in [6.45, 7) is 0. The predicted octanol–water partition coefficient (Wildman–Crippen LogP) is 5.31. The Hall–Kier alpha value is -3.14. The van der Waals surface area contributed by atoms with Gasteiger partial charge in [-0.3, -0.25) is 0 Å². The molecule has 0 N–H and O–H groups in total. The van der Waals surface area contributed by atoms with Crippen molar-refractivity contribution < 1.29 is 13.9 Å². The van der Waals surface area contributed by atoms with Crippen molar-refractivity contribution in [2.24, 2.45) is 0 Å². The summed E-state index contributed by atoms with van der Waals surface area (Å²) in [6.07, 6.45) is 0. The van der Waals surface area contributed by atoms with Crippen LogP contribution in [0.4, 0.5) is 4.39 Å². The van der Waals surface area contributed by atoms with Gasteiger partial charge in [-0.15, -0.1) is 0 Å². The molecule has 1 aromatic heterocycles. The lowest BCUT2D eigenvalue weighted by Crippen LogP contribution is -2.00. The Morgan fingerprint density at radius 2 is 1.88 bits per heavy atom. The SMILES string of the molecule is COc1ccc2nc3c4c(cccc4c2c1)Oc1ccc(F)cc1-3. The van der Waals surface area contributed by atoms with Crippen LogP contribution in [0, 0.1) is 5.82 Å². The molecule has 0 saturated carbocycles. The first kappa shape index (κ1) is 13.3. The van der Waals surface area contributed by atoms with E-state index in [0.717, 1.165) is 38.9 Å². The molecule has 4 aromatic rings. The quantitative estimate of drug-likeness (QED) is 0.393. The zero-order valence-electron chi connectivity index (χ0n) is 12.8. The molecule has 2 heterocycles. The van der Waals surface area contributed by atoms with Crippen molar-refractivity contribution in [3.8, 4) is 28.5 Å². The van der Waals surface area contributed by atoms with Gasteiger partial charge in [0.15, 0.2) is 0 Å². The largest absolute Gasteiger partial charge is 0.497 e. The topological polar surface area (TPSA) is 31.4 Å². The number of ether oxygens (including phenoxy) is 2. The highest BCUT2D eigenvalue weighted by Crippen LogP contribution is 2.47. The standard InChI is InChI=1S/C20H12FNO2/c1-23-12-6-7-16-14(10-12)13-3-2-4-18-19(13)20(22-16)15-9-11(21)5-8-17(15)24-18/h2-10H,1H3. The van der Waals surface area contributed by atoms with E-state index in [1.54, 1.807) is 13.2 Å². The third-order valence-corrected chi connectivity index (χ3v) is 4.41. The average molecular weight is 317 g/mol. The summed E-state index contributed by atoms with van der Waals surface area (Å²) in [6, 6.07) is 16.2. The van der Waals surface area contributed by atoms with Crippen LogP contribution >= 0.6 is 0 Å². The number of hydrogen-bond donors (Lipinski definition) is 0. The molecule has 116 valence electrons. The summed E-state index contributed by atoms with van der Waals surface area (Å²) in [5.74, 6) is 1.82. The van der Waals surface area contributed by atoms with Gasteiger partial charge in [-0.25, -0.2) is 9.37 Å². The fourth-order valence-corrected chi connectivity index (χ4v) is 3.31. The van der Waals surface area contributed by atoms with E-state index >= 15 is 0 Å². The van der Waals surface area contributed by atoms with E-state index < -0.39 is 0 Å². The molecule has 24 heavy (non-hydrogen) atoms. The van der Waals surface area contributed by atoms with Crippen molar-refractivity contribution >= 4 is 21.7 Å². The second kappa shape index (κ2) is 4.68. The van der Waals surface area contributed by atoms with Crippen molar-refractivity contribution in [1.82, 2.24) is 4.98 Å². The molecule has 3 nitrogen and oxygen atoms in total. The van der Waals surface area contributed by atoms with Crippen molar-refractivity contribution in [2.45, 2.75) is 0 Å². The van der Waals surface area contributed by atoms with Gasteiger partial charge >= 0.3 is 0 Å². The highest BCUT2D eigenvalue weighted by Gasteiger charge is 2.23. The molecule has 5 rings (SSSR count). The third-order valence-electron chi connectivity index (χ3n) is 4.41. The van der Waals surface area contributed by atoms with Crippen LogP contribution in [0.1, 0.15) is 0 Å². The number of aromatic nitrogens is 1. The molecule has 1 aliphatic rings. The van der Waals surface area contributed by atoms with E-state index in [9.17, 15) is 4.39 Å². The zero-order chi connectivity index (χ0) is 16.3. The summed E-state index contributed by atoms with van der Waals surface area (Å²) in [5.41, 5.74) is 2.27. The lowest BCUT2D eigenvalue weighted by Gasteiger charge is -2.21. The van der Waals surface area contributed by atoms with Crippen LogP contribution < -0.4 is 9.47 Å². The number of fused-ring (bicyclic) bond motifs is 4. The Morgan fingerprint density at radius 1 is 0.958 bits per heavy atom. The monoisotopic (exact) mass is 317 g/mol. The van der Waals surface area contributed by atoms with Crippen molar-refractivity contribution in [2.75, 3.05) is 7.11 Å². The first-order valence-corrected chi connectivity index (χ1v) is 7.63. The maximum absolute atomic E-state index is 13.8. The minimum Gasteiger partial charge on any atom is -0.497 e. The normalized spacial score (nSPS) is 12.1. The van der Waals surface area contributed by atoms with Crippen LogP contribution in [0.3, 0.4) is 0 Å². The van der Waals surface area contributed by atoms with E-state index in [0.29, 0.717) is 11.3 Å². The molecular formula is C20H12FNO2. The molecule has 0 fully saturated rings. The van der Waals surface area contributed by atoms with Gasteiger partial charge in [0, 0.05) is 10.9 Å².